The zero-order valence-electron chi connectivity index (χ0n) is 17.5. The molecular weight excluding hydrogens is 388 g/mol. The molecule has 1 fully saturated rings. The third kappa shape index (κ3) is 4.67. The summed E-state index contributed by atoms with van der Waals surface area (Å²) < 4.78 is 19.0. The number of halogens is 1. The van der Waals surface area contributed by atoms with Gasteiger partial charge in [-0.1, -0.05) is 0 Å². The maximum absolute atomic E-state index is 13.6. The number of rotatable bonds is 7. The van der Waals surface area contributed by atoms with Gasteiger partial charge in [0.2, 0.25) is 0 Å². The number of ether oxygens (including phenoxy) is 1. The molecule has 29 heavy (non-hydrogen) atoms. The Bertz CT molecular complexity index is 900. The maximum atomic E-state index is 13.6. The van der Waals surface area contributed by atoms with Gasteiger partial charge < -0.3 is 0 Å². The van der Waals surface area contributed by atoms with Crippen molar-refractivity contribution < 1.29 is 18.7 Å². The van der Waals surface area contributed by atoms with Gasteiger partial charge in [-0.25, -0.2) is 0 Å². The molecule has 4 nitrogen and oxygen atoms in total. The summed E-state index contributed by atoms with van der Waals surface area (Å²) in [7, 11) is -2.24. The number of amides is 1. The molecule has 0 aromatic heterocycles. The van der Waals surface area contributed by atoms with Crippen molar-refractivity contribution in [1.82, 2.24) is 0 Å². The minimum absolute atomic E-state index is 0.0529. The van der Waals surface area contributed by atoms with E-state index in [0.29, 0.717) is 23.0 Å². The molecule has 0 heterocycles. The van der Waals surface area contributed by atoms with Crippen LogP contribution in [-0.4, -0.2) is 36.5 Å². The van der Waals surface area contributed by atoms with Gasteiger partial charge in [0.05, 0.1) is 0 Å². The first kappa shape index (κ1) is 21.4. The average Bonchev–Trinajstić information content (AvgIpc) is 3.46. The molecule has 6 heteroatoms. The summed E-state index contributed by atoms with van der Waals surface area (Å²) in [6.45, 7) is 7.97. The average molecular weight is 417 g/mol. The Morgan fingerprint density at radius 3 is 2.24 bits per heavy atom. The fourth-order valence-electron chi connectivity index (χ4n) is 4.00. The first-order chi connectivity index (χ1) is 13.6. The van der Waals surface area contributed by atoms with Gasteiger partial charge in [-0.2, -0.15) is 0 Å². The van der Waals surface area contributed by atoms with E-state index in [1.165, 1.54) is 12.1 Å². The van der Waals surface area contributed by atoms with E-state index in [9.17, 15) is 14.0 Å². The Morgan fingerprint density at radius 1 is 1.10 bits per heavy atom. The van der Waals surface area contributed by atoms with E-state index in [2.05, 4.69) is 18.6 Å². The first-order valence-electron chi connectivity index (χ1n) is 9.92. The van der Waals surface area contributed by atoms with Crippen LogP contribution in [0, 0.1) is 19.7 Å². The van der Waals surface area contributed by atoms with Crippen LogP contribution in [0.25, 0.3) is 0 Å². The molecule has 156 valence electrons. The molecule has 0 bridgehead atoms. The van der Waals surface area contributed by atoms with E-state index in [1.807, 2.05) is 30.3 Å². The second kappa shape index (κ2) is 8.23. The van der Waals surface area contributed by atoms with Gasteiger partial charge in [0.25, 0.3) is 0 Å². The minimum atomic E-state index is -2.24. The van der Waals surface area contributed by atoms with Gasteiger partial charge in [-0.3, -0.25) is 0 Å². The Kier molecular flexibility index (Phi) is 6.09. The summed E-state index contributed by atoms with van der Waals surface area (Å²) >= 11 is 0. The molecule has 0 saturated heterocycles. The van der Waals surface area contributed by atoms with E-state index in [0.717, 1.165) is 18.4 Å². The number of carbonyl (C=O) groups is 2. The van der Waals surface area contributed by atoms with Crippen molar-refractivity contribution >= 4 is 24.8 Å². The molecule has 0 atom stereocenters. The van der Waals surface area contributed by atoms with E-state index in [1.54, 1.807) is 13.8 Å². The van der Waals surface area contributed by atoms with Crippen molar-refractivity contribution in [3.05, 3.63) is 65.0 Å². The zero-order chi connectivity index (χ0) is 21.2. The van der Waals surface area contributed by atoms with Crippen molar-refractivity contribution in [3.8, 4) is 0 Å². The number of carbonyl (C=O) groups excluding carboxylic acids is 2. The molecule has 3 rings (SSSR count). The van der Waals surface area contributed by atoms with Crippen LogP contribution in [0.4, 0.5) is 10.1 Å². The van der Waals surface area contributed by atoms with E-state index in [-0.39, 0.29) is 24.3 Å². The normalized spacial score (nSPS) is 15.5. The molecule has 0 unspecified atom stereocenters. The molecule has 0 spiro atoms. The number of esters is 1. The van der Waals surface area contributed by atoms with Crippen molar-refractivity contribution in [2.24, 2.45) is 0 Å². The predicted molar refractivity (Wildman–Crippen MR) is 118 cm³/mol. The molecule has 2 aromatic carbocycles. The van der Waals surface area contributed by atoms with E-state index in [4.69, 9.17) is 4.74 Å². The van der Waals surface area contributed by atoms with E-state index < -0.39 is 12.4 Å². The topological polar surface area (TPSA) is 55.4 Å². The van der Waals surface area contributed by atoms with Crippen LogP contribution in [-0.2, 0) is 20.9 Å². The van der Waals surface area contributed by atoms with Gasteiger partial charge in [0.1, 0.15) is 0 Å². The van der Waals surface area contributed by atoms with Crippen LogP contribution in [0.15, 0.2) is 42.5 Å². The third-order valence-electron chi connectivity index (χ3n) is 6.05. The van der Waals surface area contributed by atoms with Crippen LogP contribution in [0.1, 0.15) is 29.5 Å². The molecule has 2 aromatic rings. The second-order valence-electron chi connectivity index (χ2n) is 8.66. The first-order valence-corrected chi connectivity index (χ1v) is 13.1. The van der Waals surface area contributed by atoms with Gasteiger partial charge in [-0.05, 0) is 0 Å². The van der Waals surface area contributed by atoms with Crippen molar-refractivity contribution in [2.45, 2.75) is 38.5 Å². The van der Waals surface area contributed by atoms with Crippen molar-refractivity contribution in [3.63, 3.8) is 0 Å². The number of nitrogens with one attached hydrogen (secondary N) is 1. The number of hydrogen-bond acceptors (Lipinski definition) is 3. The van der Waals surface area contributed by atoms with Crippen molar-refractivity contribution in [1.29, 1.82) is 0 Å². The summed E-state index contributed by atoms with van der Waals surface area (Å²) in [5.74, 6) is -0.614. The molecule has 1 amide bonds. The van der Waals surface area contributed by atoms with Gasteiger partial charge >= 0.3 is 172 Å². The Balaban J connectivity index is 1.66. The third-order valence-corrected chi connectivity index (χ3v) is 10.5. The summed E-state index contributed by atoms with van der Waals surface area (Å²) in [6, 6.07) is 12.4. The Labute approximate surface area is 172 Å². The second-order valence-corrected chi connectivity index (χ2v) is 13.7. The number of hydrogen-bond donors (Lipinski definition) is 1. The Morgan fingerprint density at radius 2 is 1.69 bits per heavy atom. The summed E-state index contributed by atoms with van der Waals surface area (Å²) in [5, 5.41) is 2.54. The monoisotopic (exact) mass is 417 g/mol. The molecule has 1 aliphatic rings. The SMILES string of the molecule is Cc1cc(F)cc(C)c1NC(=O)C1([PH](C)(C)CC(=O)OCc2ccccc2)CC1. The molecular formula is C23H29FNO3P. The van der Waals surface area contributed by atoms with Crippen LogP contribution in [0.2, 0.25) is 0 Å². The Hall–Kier alpha value is -2.26. The zero-order valence-corrected chi connectivity index (χ0v) is 18.5. The fraction of sp³-hybridized carbons (Fsp3) is 0.391. The number of benzene rings is 2. The van der Waals surface area contributed by atoms with Crippen molar-refractivity contribution in [2.75, 3.05) is 24.8 Å². The van der Waals surface area contributed by atoms with Gasteiger partial charge in [0, 0.05) is 0 Å². The molecule has 0 radical (unpaired) electrons. The molecule has 1 aliphatic carbocycles. The van der Waals surface area contributed by atoms with Crippen LogP contribution in [0.3, 0.4) is 0 Å². The standard InChI is InChI=1S/C23H29FNO3P/c1-16-12-19(24)13-17(2)21(16)25-22(27)23(10-11-23)29(3,4)15-20(26)28-14-18-8-6-5-7-9-18/h5-9,12-13,29H,10-11,14-15H2,1-4H3,(H,25,27). The quantitative estimate of drug-likeness (QED) is 0.526. The van der Waals surface area contributed by atoms with E-state index >= 15 is 0 Å². The van der Waals surface area contributed by atoms with Gasteiger partial charge in [0.15, 0.2) is 0 Å². The molecule has 1 N–H and O–H groups in total. The van der Waals surface area contributed by atoms with Crippen LogP contribution >= 0.6 is 7.26 Å². The summed E-state index contributed by atoms with van der Waals surface area (Å²) in [5.41, 5.74) is 3.02. The fourth-order valence-corrected chi connectivity index (χ4v) is 7.31. The number of aryl methyl sites for hydroxylation is 2. The van der Waals surface area contributed by atoms with Crippen LogP contribution < -0.4 is 5.32 Å². The predicted octanol–water partition coefficient (Wildman–Crippen LogP) is 4.67. The number of anilines is 1. The molecule has 1 saturated carbocycles. The summed E-state index contributed by atoms with van der Waals surface area (Å²) in [6.07, 6.45) is 1.86. The summed E-state index contributed by atoms with van der Waals surface area (Å²) in [4.78, 5) is 25.6. The van der Waals surface area contributed by atoms with Gasteiger partial charge in [-0.15, -0.1) is 0 Å². The molecule has 0 aliphatic heterocycles. The van der Waals surface area contributed by atoms with Crippen LogP contribution in [0.5, 0.6) is 0 Å².